The summed E-state index contributed by atoms with van der Waals surface area (Å²) in [6.07, 6.45) is -9.66. The molecule has 1 heterocycles. The lowest BCUT2D eigenvalue weighted by atomic mass is 9.95. The largest absolute Gasteiger partial charge is 0.497 e. The molecule has 6 aromatic rings. The lowest BCUT2D eigenvalue weighted by molar-refractivity contribution is -0.316. The van der Waals surface area contributed by atoms with Crippen LogP contribution in [0.4, 0.5) is 0 Å². The molecule has 0 aliphatic carbocycles. The Morgan fingerprint density at radius 2 is 1.10 bits per heavy atom. The molecule has 0 radical (unpaired) electrons. The van der Waals surface area contributed by atoms with Crippen molar-refractivity contribution in [1.29, 1.82) is 0 Å². The number of esters is 1. The van der Waals surface area contributed by atoms with E-state index in [0.29, 0.717) is 11.5 Å². The van der Waals surface area contributed by atoms with Gasteiger partial charge in [-0.3, -0.25) is 9.59 Å². The van der Waals surface area contributed by atoms with Gasteiger partial charge in [0, 0.05) is 18.3 Å². The predicted octanol–water partition coefficient (Wildman–Crippen LogP) is 10.3. The zero-order valence-corrected chi connectivity index (χ0v) is 41.3. The maximum atomic E-state index is 14.2. The van der Waals surface area contributed by atoms with E-state index in [-0.39, 0.29) is 52.7 Å². The number of hydrogen-bond donors (Lipinski definition) is 0. The van der Waals surface area contributed by atoms with Crippen LogP contribution in [0.3, 0.4) is 0 Å². The molecule has 0 amide bonds. The van der Waals surface area contributed by atoms with E-state index in [1.54, 1.807) is 38.3 Å². The molecule has 15 nitrogen and oxygen atoms in total. The summed E-state index contributed by atoms with van der Waals surface area (Å²) in [5.74, 6) is -0.0703. The van der Waals surface area contributed by atoms with E-state index in [1.165, 1.54) is 6.92 Å². The van der Waals surface area contributed by atoms with E-state index in [2.05, 4.69) is 10.0 Å². The summed E-state index contributed by atoms with van der Waals surface area (Å²) in [6, 6.07) is 53.6. The van der Waals surface area contributed by atoms with Crippen molar-refractivity contribution < 1.29 is 57.0 Å². The standard InChI is InChI=1S/C58H63N3O12/c1-4-49(63)53(71-41(2)62)57(70-38-46-28-18-9-19-29-46)55(50(67-35-43-22-12-6-13-23-43)40-66-48-32-30-47(64-3)31-33-48)73-58-52(60-61-59)56(69-37-45-26-16-8-17-27-45)54(68-36-44-24-14-7-15-25-44)51(72-58)39-65-34-42-20-10-5-11-21-42/h5-33,50-58H,4,34-40H2,1-3H3/t50-,51-,52-,53?,54-,55-,56-,57+,58+/m1/s1. The van der Waals surface area contributed by atoms with Gasteiger partial charge in [0.25, 0.3) is 0 Å². The maximum absolute atomic E-state index is 14.2. The number of benzene rings is 6. The number of carbonyl (C=O) groups excluding carboxylic acids is 2. The number of hydrogen-bond acceptors (Lipinski definition) is 13. The van der Waals surface area contributed by atoms with Crippen LogP contribution in [0, 0.1) is 0 Å². The van der Waals surface area contributed by atoms with Crippen LogP contribution in [-0.2, 0) is 80.5 Å². The van der Waals surface area contributed by atoms with Crippen LogP contribution < -0.4 is 9.47 Å². The molecule has 1 aliphatic rings. The van der Waals surface area contributed by atoms with Crippen molar-refractivity contribution in [3.63, 3.8) is 0 Å². The summed E-state index contributed by atoms with van der Waals surface area (Å²) in [5.41, 5.74) is 14.7. The zero-order valence-electron chi connectivity index (χ0n) is 41.3. The van der Waals surface area contributed by atoms with Crippen LogP contribution in [0.2, 0.25) is 0 Å². The number of methoxy groups -OCH3 is 1. The molecule has 9 atom stereocenters. The van der Waals surface area contributed by atoms with Gasteiger partial charge in [-0.15, -0.1) is 0 Å². The molecule has 7 rings (SSSR count). The van der Waals surface area contributed by atoms with Crippen LogP contribution in [0.1, 0.15) is 48.1 Å². The van der Waals surface area contributed by atoms with Gasteiger partial charge in [-0.2, -0.15) is 0 Å². The van der Waals surface area contributed by atoms with Crippen molar-refractivity contribution in [3.05, 3.63) is 214 Å². The molecule has 0 saturated carbocycles. The second-order valence-corrected chi connectivity index (χ2v) is 17.3. The average Bonchev–Trinajstić information content (AvgIpc) is 3.43. The first-order valence-electron chi connectivity index (χ1n) is 24.4. The lowest BCUT2D eigenvalue weighted by Crippen LogP contribution is -2.63. The Morgan fingerprint density at radius 3 is 1.59 bits per heavy atom. The Hall–Kier alpha value is -6.91. The molecule has 1 unspecified atom stereocenters. The Balaban J connectivity index is 1.35. The third-order valence-corrected chi connectivity index (χ3v) is 12.1. The summed E-state index contributed by atoms with van der Waals surface area (Å²) >= 11 is 0. The molecule has 1 saturated heterocycles. The second-order valence-electron chi connectivity index (χ2n) is 17.3. The van der Waals surface area contributed by atoms with Gasteiger partial charge < -0.3 is 47.4 Å². The van der Waals surface area contributed by atoms with Crippen LogP contribution in [-0.4, -0.2) is 87.1 Å². The van der Waals surface area contributed by atoms with E-state index in [1.807, 2.05) is 152 Å². The molecule has 0 bridgehead atoms. The molecule has 0 N–H and O–H groups in total. The highest BCUT2D eigenvalue weighted by Gasteiger charge is 2.52. The fraction of sp³-hybridized carbons (Fsp3) is 0.345. The molecule has 6 aromatic carbocycles. The molecular formula is C58H63N3O12. The summed E-state index contributed by atoms with van der Waals surface area (Å²) < 4.78 is 65.7. The minimum Gasteiger partial charge on any atom is -0.497 e. The fourth-order valence-corrected chi connectivity index (χ4v) is 8.33. The van der Waals surface area contributed by atoms with Crippen molar-refractivity contribution in [1.82, 2.24) is 0 Å². The molecule has 15 heteroatoms. The Bertz CT molecular complexity index is 2580. The molecule has 1 aliphatic heterocycles. The van der Waals surface area contributed by atoms with Crippen LogP contribution >= 0.6 is 0 Å². The highest BCUT2D eigenvalue weighted by molar-refractivity contribution is 5.85. The van der Waals surface area contributed by atoms with Gasteiger partial charge in [0.05, 0.1) is 46.8 Å². The molecule has 73 heavy (non-hydrogen) atoms. The lowest BCUT2D eigenvalue weighted by Gasteiger charge is -2.47. The fourth-order valence-electron chi connectivity index (χ4n) is 8.33. The van der Waals surface area contributed by atoms with Gasteiger partial charge >= 0.3 is 5.97 Å². The normalized spacial score (nSPS) is 19.1. The van der Waals surface area contributed by atoms with E-state index in [0.717, 1.165) is 27.8 Å². The van der Waals surface area contributed by atoms with Gasteiger partial charge in [0.2, 0.25) is 0 Å². The van der Waals surface area contributed by atoms with Gasteiger partial charge in [0.1, 0.15) is 60.8 Å². The second kappa shape index (κ2) is 29.0. The number of carbonyl (C=O) groups is 2. The molecule has 382 valence electrons. The van der Waals surface area contributed by atoms with Gasteiger partial charge in [-0.05, 0) is 57.6 Å². The van der Waals surface area contributed by atoms with E-state index in [9.17, 15) is 15.1 Å². The third-order valence-electron chi connectivity index (χ3n) is 12.1. The number of rotatable bonds is 29. The Labute approximate surface area is 426 Å². The maximum Gasteiger partial charge on any atom is 0.303 e. The van der Waals surface area contributed by atoms with Crippen LogP contribution in [0.5, 0.6) is 11.5 Å². The number of azide groups is 1. The average molecular weight is 994 g/mol. The minimum absolute atomic E-state index is 0.0140. The Morgan fingerprint density at radius 1 is 0.616 bits per heavy atom. The summed E-state index contributed by atoms with van der Waals surface area (Å²) in [6.45, 7) is 3.22. The topological polar surface area (TPSA) is 175 Å². The molecule has 1 fully saturated rings. The third kappa shape index (κ3) is 16.6. The SMILES string of the molecule is CCC(=O)C(OC(C)=O)[C@H](OCc1ccccc1)[C@H](O[C@@H]1O[C@H](COCc2ccccc2)[C@@H](OCc2ccccc2)[C@H](OCc2ccccc2)[C@H]1N=[N+]=[N-])[C@@H](COc1ccc(OC)cc1)OCc1ccccc1. The van der Waals surface area contributed by atoms with Gasteiger partial charge in [-0.1, -0.05) is 164 Å². The van der Waals surface area contributed by atoms with Crippen molar-refractivity contribution in [3.8, 4) is 11.5 Å². The first-order chi connectivity index (χ1) is 35.8. The summed E-state index contributed by atoms with van der Waals surface area (Å²) in [7, 11) is 1.57. The number of nitrogens with zero attached hydrogens (tertiary/aromatic N) is 3. The van der Waals surface area contributed by atoms with Crippen molar-refractivity contribution in [2.75, 3.05) is 20.3 Å². The van der Waals surface area contributed by atoms with Crippen molar-refractivity contribution >= 4 is 11.8 Å². The zero-order chi connectivity index (χ0) is 51.0. The summed E-state index contributed by atoms with van der Waals surface area (Å²) in [5, 5.41) is 4.35. The van der Waals surface area contributed by atoms with E-state index in [4.69, 9.17) is 47.4 Å². The van der Waals surface area contributed by atoms with Crippen molar-refractivity contribution in [2.45, 2.75) is 108 Å². The monoisotopic (exact) mass is 993 g/mol. The highest BCUT2D eigenvalue weighted by Crippen LogP contribution is 2.34. The van der Waals surface area contributed by atoms with Crippen LogP contribution in [0.15, 0.2) is 181 Å². The first kappa shape index (κ1) is 53.9. The van der Waals surface area contributed by atoms with Gasteiger partial charge in [-0.25, -0.2) is 0 Å². The van der Waals surface area contributed by atoms with E-state index >= 15 is 0 Å². The van der Waals surface area contributed by atoms with E-state index < -0.39 is 66.8 Å². The quantitative estimate of drug-likeness (QED) is 0.0188. The summed E-state index contributed by atoms with van der Waals surface area (Å²) in [4.78, 5) is 30.6. The van der Waals surface area contributed by atoms with Crippen molar-refractivity contribution in [2.24, 2.45) is 5.11 Å². The van der Waals surface area contributed by atoms with Crippen LogP contribution in [0.25, 0.3) is 10.4 Å². The van der Waals surface area contributed by atoms with Gasteiger partial charge in [0.15, 0.2) is 18.2 Å². The number of Topliss-reactive ketones (excluding diaryl/α,β-unsaturated/α-hetero) is 1. The smallest absolute Gasteiger partial charge is 0.303 e. The molecular weight excluding hydrogens is 931 g/mol. The molecule has 0 aromatic heterocycles. The number of ketones is 1. The predicted molar refractivity (Wildman–Crippen MR) is 272 cm³/mol. The first-order valence-corrected chi connectivity index (χ1v) is 24.4. The Kier molecular flexibility index (Phi) is 21.4. The minimum atomic E-state index is -1.52. The number of ether oxygens (including phenoxy) is 10. The highest BCUT2D eigenvalue weighted by atomic mass is 16.7. The molecule has 0 spiro atoms.